The molecule has 4 rings (SSSR count). The average Bonchev–Trinajstić information content (AvgIpc) is 3.24. The molecule has 24 heavy (non-hydrogen) atoms. The smallest absolute Gasteiger partial charge is 0.270 e. The Labute approximate surface area is 140 Å². The fourth-order valence-corrected chi connectivity index (χ4v) is 3.18. The molecule has 1 N–H and O–H groups in total. The minimum atomic E-state index is 0.0740. The second-order valence-corrected chi connectivity index (χ2v) is 6.32. The van der Waals surface area contributed by atoms with Crippen molar-refractivity contribution in [2.45, 2.75) is 13.5 Å². The molecule has 1 aromatic carbocycles. The summed E-state index contributed by atoms with van der Waals surface area (Å²) in [7, 11) is 0. The summed E-state index contributed by atoms with van der Waals surface area (Å²) in [5.74, 6) is 0.0740. The Hall–Kier alpha value is -2.60. The molecule has 0 radical (unpaired) electrons. The molecule has 3 heterocycles. The molecule has 1 fully saturated rings. The number of oxazole rings is 1. The maximum absolute atomic E-state index is 12.7. The highest BCUT2D eigenvalue weighted by atomic mass is 16.3. The molecule has 0 bridgehead atoms. The van der Waals surface area contributed by atoms with Gasteiger partial charge in [-0.2, -0.15) is 0 Å². The summed E-state index contributed by atoms with van der Waals surface area (Å²) in [5, 5.41) is 1.08. The van der Waals surface area contributed by atoms with Crippen LogP contribution in [0.25, 0.3) is 10.9 Å². The fraction of sp³-hybridized carbons (Fsp3) is 0.333. The van der Waals surface area contributed by atoms with Crippen LogP contribution in [0.5, 0.6) is 0 Å². The molecule has 3 aromatic rings. The average molecular weight is 324 g/mol. The lowest BCUT2D eigenvalue weighted by Crippen LogP contribution is -2.48. The minimum absolute atomic E-state index is 0.0740. The zero-order valence-electron chi connectivity index (χ0n) is 13.7. The van der Waals surface area contributed by atoms with E-state index in [-0.39, 0.29) is 5.91 Å². The highest BCUT2D eigenvalue weighted by Crippen LogP contribution is 2.19. The lowest BCUT2D eigenvalue weighted by Gasteiger charge is -2.34. The highest BCUT2D eigenvalue weighted by molar-refractivity contribution is 5.98. The number of aromatic nitrogens is 2. The number of carbonyl (C=O) groups excluding carboxylic acids is 1. The van der Waals surface area contributed by atoms with Crippen molar-refractivity contribution in [3.8, 4) is 0 Å². The Morgan fingerprint density at radius 2 is 2.08 bits per heavy atom. The third kappa shape index (κ3) is 2.92. The van der Waals surface area contributed by atoms with E-state index in [1.165, 1.54) is 12.0 Å². The van der Waals surface area contributed by atoms with E-state index in [1.807, 2.05) is 17.0 Å². The van der Waals surface area contributed by atoms with Crippen LogP contribution in [-0.4, -0.2) is 51.9 Å². The molecule has 0 atom stereocenters. The first-order valence-electron chi connectivity index (χ1n) is 8.17. The third-order valence-corrected chi connectivity index (χ3v) is 4.54. The monoisotopic (exact) mass is 324 g/mol. The van der Waals surface area contributed by atoms with Gasteiger partial charge >= 0.3 is 0 Å². The number of rotatable bonds is 3. The standard InChI is InChI=1S/C18H20N4O2/c1-13-2-3-14-9-17(20-16(14)8-13)18(23)22-6-4-21(5-7-22)10-15-11-24-12-19-15/h2-3,8-9,11-12,20H,4-7,10H2,1H3. The molecular weight excluding hydrogens is 304 g/mol. The number of carbonyl (C=O) groups is 1. The molecule has 6 nitrogen and oxygen atoms in total. The molecule has 1 aliphatic rings. The largest absolute Gasteiger partial charge is 0.451 e. The summed E-state index contributed by atoms with van der Waals surface area (Å²) in [6, 6.07) is 8.13. The first-order chi connectivity index (χ1) is 11.7. The molecule has 6 heteroatoms. The number of H-pyrrole nitrogens is 1. The van der Waals surface area contributed by atoms with Crippen LogP contribution in [0.3, 0.4) is 0 Å². The first kappa shape index (κ1) is 15.0. The molecule has 1 amide bonds. The number of piperazine rings is 1. The van der Waals surface area contributed by atoms with E-state index >= 15 is 0 Å². The van der Waals surface area contributed by atoms with Gasteiger partial charge in [0, 0.05) is 43.6 Å². The van der Waals surface area contributed by atoms with Gasteiger partial charge in [-0.3, -0.25) is 9.69 Å². The Kier molecular flexibility index (Phi) is 3.82. The number of fused-ring (bicyclic) bond motifs is 1. The Morgan fingerprint density at radius 1 is 1.25 bits per heavy atom. The van der Waals surface area contributed by atoms with E-state index < -0.39 is 0 Å². The maximum atomic E-state index is 12.7. The third-order valence-electron chi connectivity index (χ3n) is 4.54. The van der Waals surface area contributed by atoms with Gasteiger partial charge in [0.1, 0.15) is 12.0 Å². The molecule has 1 saturated heterocycles. The van der Waals surface area contributed by atoms with E-state index in [9.17, 15) is 4.79 Å². The van der Waals surface area contributed by atoms with Crippen molar-refractivity contribution in [2.24, 2.45) is 0 Å². The van der Waals surface area contributed by atoms with Crippen LogP contribution in [0.1, 0.15) is 21.7 Å². The number of benzene rings is 1. The second-order valence-electron chi connectivity index (χ2n) is 6.32. The quantitative estimate of drug-likeness (QED) is 0.803. The van der Waals surface area contributed by atoms with E-state index in [0.717, 1.165) is 49.3 Å². The molecule has 0 saturated carbocycles. The Bertz CT molecular complexity index is 845. The molecule has 2 aromatic heterocycles. The molecule has 0 unspecified atom stereocenters. The van der Waals surface area contributed by atoms with Gasteiger partial charge in [0.05, 0.1) is 5.69 Å². The fourth-order valence-electron chi connectivity index (χ4n) is 3.18. The van der Waals surface area contributed by atoms with Gasteiger partial charge < -0.3 is 14.3 Å². The van der Waals surface area contributed by atoms with Crippen LogP contribution in [0.2, 0.25) is 0 Å². The zero-order valence-corrected chi connectivity index (χ0v) is 13.7. The normalized spacial score (nSPS) is 16.0. The van der Waals surface area contributed by atoms with Crippen molar-refractivity contribution in [1.82, 2.24) is 19.8 Å². The van der Waals surface area contributed by atoms with Gasteiger partial charge in [-0.25, -0.2) is 4.98 Å². The van der Waals surface area contributed by atoms with Crippen LogP contribution >= 0.6 is 0 Å². The number of aromatic amines is 1. The highest BCUT2D eigenvalue weighted by Gasteiger charge is 2.23. The summed E-state index contributed by atoms with van der Waals surface area (Å²) >= 11 is 0. The lowest BCUT2D eigenvalue weighted by molar-refractivity contribution is 0.0622. The van der Waals surface area contributed by atoms with Gasteiger partial charge in [0.15, 0.2) is 6.39 Å². The van der Waals surface area contributed by atoms with Gasteiger partial charge in [-0.1, -0.05) is 12.1 Å². The van der Waals surface area contributed by atoms with Crippen molar-refractivity contribution in [1.29, 1.82) is 0 Å². The molecule has 1 aliphatic heterocycles. The lowest BCUT2D eigenvalue weighted by atomic mass is 10.2. The van der Waals surface area contributed by atoms with Crippen LogP contribution in [0.4, 0.5) is 0 Å². The van der Waals surface area contributed by atoms with Crippen molar-refractivity contribution in [2.75, 3.05) is 26.2 Å². The van der Waals surface area contributed by atoms with Crippen molar-refractivity contribution >= 4 is 16.8 Å². The van der Waals surface area contributed by atoms with Crippen LogP contribution < -0.4 is 0 Å². The number of amides is 1. The molecule has 0 aliphatic carbocycles. The predicted octanol–water partition coefficient (Wildman–Crippen LogP) is 2.42. The molecule has 0 spiro atoms. The van der Waals surface area contributed by atoms with Crippen LogP contribution in [0.15, 0.2) is 41.3 Å². The molecular formula is C18H20N4O2. The SMILES string of the molecule is Cc1ccc2cc(C(=O)N3CCN(Cc4cocn4)CC3)[nH]c2c1. The van der Waals surface area contributed by atoms with E-state index in [2.05, 4.69) is 33.9 Å². The Morgan fingerprint density at radius 3 is 2.83 bits per heavy atom. The van der Waals surface area contributed by atoms with E-state index in [4.69, 9.17) is 4.42 Å². The number of aryl methyl sites for hydroxylation is 1. The summed E-state index contributed by atoms with van der Waals surface area (Å²) in [5.41, 5.74) is 3.80. The summed E-state index contributed by atoms with van der Waals surface area (Å²) in [4.78, 5) is 24.3. The number of hydrogen-bond donors (Lipinski definition) is 1. The zero-order chi connectivity index (χ0) is 16.5. The summed E-state index contributed by atoms with van der Waals surface area (Å²) in [6.45, 7) is 5.96. The van der Waals surface area contributed by atoms with Gasteiger partial charge in [-0.15, -0.1) is 0 Å². The molecule has 124 valence electrons. The van der Waals surface area contributed by atoms with Crippen LogP contribution in [0, 0.1) is 6.92 Å². The van der Waals surface area contributed by atoms with Crippen molar-refractivity contribution in [3.05, 3.63) is 53.9 Å². The van der Waals surface area contributed by atoms with E-state index in [1.54, 1.807) is 6.26 Å². The topological polar surface area (TPSA) is 65.4 Å². The Balaban J connectivity index is 1.41. The predicted molar refractivity (Wildman–Crippen MR) is 90.7 cm³/mol. The van der Waals surface area contributed by atoms with Gasteiger partial charge in [0.25, 0.3) is 5.91 Å². The number of nitrogens with zero attached hydrogens (tertiary/aromatic N) is 3. The van der Waals surface area contributed by atoms with Gasteiger partial charge in [0.2, 0.25) is 0 Å². The van der Waals surface area contributed by atoms with Gasteiger partial charge in [-0.05, 0) is 24.6 Å². The van der Waals surface area contributed by atoms with Crippen LogP contribution in [-0.2, 0) is 6.54 Å². The van der Waals surface area contributed by atoms with Crippen molar-refractivity contribution in [3.63, 3.8) is 0 Å². The minimum Gasteiger partial charge on any atom is -0.451 e. The summed E-state index contributed by atoms with van der Waals surface area (Å²) in [6.07, 6.45) is 3.12. The number of hydrogen-bond acceptors (Lipinski definition) is 4. The van der Waals surface area contributed by atoms with E-state index in [0.29, 0.717) is 5.69 Å². The number of nitrogens with one attached hydrogen (secondary N) is 1. The summed E-state index contributed by atoms with van der Waals surface area (Å²) < 4.78 is 5.00. The first-order valence-corrected chi connectivity index (χ1v) is 8.17. The van der Waals surface area contributed by atoms with Crippen molar-refractivity contribution < 1.29 is 9.21 Å². The second kappa shape index (κ2) is 6.13. The maximum Gasteiger partial charge on any atom is 0.270 e.